The zero-order chi connectivity index (χ0) is 14.2. The van der Waals surface area contributed by atoms with Crippen molar-refractivity contribution in [3.8, 4) is 11.3 Å². The third-order valence-electron chi connectivity index (χ3n) is 2.78. The summed E-state index contributed by atoms with van der Waals surface area (Å²) in [5.74, 6) is 0. The van der Waals surface area contributed by atoms with Gasteiger partial charge in [-0.2, -0.15) is 18.3 Å². The number of rotatable bonds is 2. The molecule has 0 saturated heterocycles. The van der Waals surface area contributed by atoms with Crippen LogP contribution in [0.25, 0.3) is 11.3 Å². The summed E-state index contributed by atoms with van der Waals surface area (Å²) in [5, 5.41) is 4.09. The Kier molecular flexibility index (Phi) is 3.26. The average molecular weight is 269 g/mol. The lowest BCUT2D eigenvalue weighted by molar-refractivity contribution is -0.137. The van der Waals surface area contributed by atoms with Crippen molar-refractivity contribution < 1.29 is 13.2 Å². The molecule has 1 heterocycles. The predicted molar refractivity (Wildman–Crippen MR) is 67.5 cm³/mol. The van der Waals surface area contributed by atoms with Crippen LogP contribution in [0.2, 0.25) is 0 Å². The Labute approximate surface area is 108 Å². The summed E-state index contributed by atoms with van der Waals surface area (Å²) in [5.41, 5.74) is 6.41. The quantitative estimate of drug-likeness (QED) is 0.902. The lowest BCUT2D eigenvalue weighted by atomic mass is 10.1. The maximum absolute atomic E-state index is 12.7. The fourth-order valence-corrected chi connectivity index (χ4v) is 1.91. The van der Waals surface area contributed by atoms with E-state index in [1.165, 1.54) is 12.3 Å². The van der Waals surface area contributed by atoms with E-state index in [0.29, 0.717) is 16.9 Å². The van der Waals surface area contributed by atoms with E-state index in [4.69, 9.17) is 5.73 Å². The van der Waals surface area contributed by atoms with Gasteiger partial charge in [-0.05, 0) is 26.0 Å². The van der Waals surface area contributed by atoms with Crippen molar-refractivity contribution in [3.05, 3.63) is 36.0 Å². The van der Waals surface area contributed by atoms with Crippen molar-refractivity contribution >= 4 is 5.69 Å². The van der Waals surface area contributed by atoms with Crippen molar-refractivity contribution in [2.75, 3.05) is 5.73 Å². The molecule has 2 aromatic rings. The van der Waals surface area contributed by atoms with Crippen LogP contribution in [-0.2, 0) is 6.18 Å². The smallest absolute Gasteiger partial charge is 0.396 e. The zero-order valence-corrected chi connectivity index (χ0v) is 10.6. The molecule has 0 saturated carbocycles. The van der Waals surface area contributed by atoms with Gasteiger partial charge in [0.25, 0.3) is 0 Å². The zero-order valence-electron chi connectivity index (χ0n) is 10.6. The van der Waals surface area contributed by atoms with Gasteiger partial charge in [-0.1, -0.05) is 12.1 Å². The number of nitrogens with two attached hydrogens (primary N) is 1. The normalized spacial score (nSPS) is 12.1. The second-order valence-corrected chi connectivity index (χ2v) is 4.57. The molecule has 6 heteroatoms. The van der Waals surface area contributed by atoms with Gasteiger partial charge in [-0.3, -0.25) is 4.68 Å². The number of nitrogen functional groups attached to an aromatic ring is 1. The van der Waals surface area contributed by atoms with Gasteiger partial charge in [0.15, 0.2) is 0 Å². The molecule has 0 aliphatic heterocycles. The minimum absolute atomic E-state index is 0.0156. The number of hydrogen-bond donors (Lipinski definition) is 1. The van der Waals surface area contributed by atoms with E-state index in [2.05, 4.69) is 5.10 Å². The van der Waals surface area contributed by atoms with E-state index in [-0.39, 0.29) is 6.04 Å². The molecular weight excluding hydrogens is 255 g/mol. The highest BCUT2D eigenvalue weighted by Crippen LogP contribution is 2.34. The van der Waals surface area contributed by atoms with Gasteiger partial charge in [0, 0.05) is 11.6 Å². The average Bonchev–Trinajstić information content (AvgIpc) is 2.70. The summed E-state index contributed by atoms with van der Waals surface area (Å²) in [6.07, 6.45) is -2.91. The van der Waals surface area contributed by atoms with Crippen molar-refractivity contribution in [2.24, 2.45) is 0 Å². The first-order valence-corrected chi connectivity index (χ1v) is 5.81. The lowest BCUT2D eigenvalue weighted by Gasteiger charge is -2.13. The highest BCUT2D eigenvalue weighted by atomic mass is 19.4. The molecule has 0 radical (unpaired) electrons. The van der Waals surface area contributed by atoms with Crippen molar-refractivity contribution in [1.82, 2.24) is 9.78 Å². The van der Waals surface area contributed by atoms with Gasteiger partial charge < -0.3 is 5.73 Å². The van der Waals surface area contributed by atoms with Crippen LogP contribution in [0, 0.1) is 0 Å². The van der Waals surface area contributed by atoms with Crippen molar-refractivity contribution in [3.63, 3.8) is 0 Å². The van der Waals surface area contributed by atoms with Crippen LogP contribution in [-0.4, -0.2) is 9.78 Å². The second-order valence-electron chi connectivity index (χ2n) is 4.57. The molecule has 102 valence electrons. The van der Waals surface area contributed by atoms with E-state index in [9.17, 15) is 13.2 Å². The molecule has 0 spiro atoms. The number of alkyl halides is 3. The van der Waals surface area contributed by atoms with E-state index in [1.807, 2.05) is 13.8 Å². The Bertz CT molecular complexity index is 585. The van der Waals surface area contributed by atoms with Gasteiger partial charge in [0.05, 0.1) is 23.1 Å². The molecule has 2 rings (SSSR count). The minimum Gasteiger partial charge on any atom is -0.396 e. The highest BCUT2D eigenvalue weighted by Gasteiger charge is 2.30. The topological polar surface area (TPSA) is 43.8 Å². The van der Waals surface area contributed by atoms with E-state index in [0.717, 1.165) is 12.1 Å². The van der Waals surface area contributed by atoms with Crippen molar-refractivity contribution in [2.45, 2.75) is 26.1 Å². The third kappa shape index (κ3) is 2.57. The standard InChI is InChI=1S/C13H14F3N3/c1-8(2)19-12(11(17)7-18-19)9-4-3-5-10(6-9)13(14,15)16/h3-8H,17H2,1-2H3. The number of nitrogens with zero attached hydrogens (tertiary/aromatic N) is 2. The molecule has 0 amide bonds. The van der Waals surface area contributed by atoms with E-state index in [1.54, 1.807) is 10.7 Å². The molecule has 0 fully saturated rings. The Balaban J connectivity index is 2.57. The molecule has 0 aliphatic rings. The van der Waals surface area contributed by atoms with Crippen LogP contribution in [0.1, 0.15) is 25.5 Å². The molecule has 0 aliphatic carbocycles. The molecular formula is C13H14F3N3. The molecule has 1 aromatic carbocycles. The third-order valence-corrected chi connectivity index (χ3v) is 2.78. The Morgan fingerprint density at radius 1 is 1.26 bits per heavy atom. The Morgan fingerprint density at radius 3 is 2.53 bits per heavy atom. The molecule has 0 unspecified atom stereocenters. The number of hydrogen-bond acceptors (Lipinski definition) is 2. The number of halogens is 3. The predicted octanol–water partition coefficient (Wildman–Crippen LogP) is 3.73. The number of anilines is 1. The van der Waals surface area contributed by atoms with Gasteiger partial charge in [0.1, 0.15) is 0 Å². The van der Waals surface area contributed by atoms with E-state index < -0.39 is 11.7 Å². The van der Waals surface area contributed by atoms with Crippen LogP contribution in [0.3, 0.4) is 0 Å². The summed E-state index contributed by atoms with van der Waals surface area (Å²) in [6, 6.07) is 5.11. The van der Waals surface area contributed by atoms with Crippen LogP contribution in [0.4, 0.5) is 18.9 Å². The summed E-state index contributed by atoms with van der Waals surface area (Å²) < 4.78 is 39.8. The Hall–Kier alpha value is -1.98. The largest absolute Gasteiger partial charge is 0.416 e. The highest BCUT2D eigenvalue weighted by molar-refractivity contribution is 5.73. The lowest BCUT2D eigenvalue weighted by Crippen LogP contribution is -2.07. The first-order valence-electron chi connectivity index (χ1n) is 5.81. The molecule has 2 N–H and O–H groups in total. The van der Waals surface area contributed by atoms with Gasteiger partial charge in [-0.25, -0.2) is 0 Å². The van der Waals surface area contributed by atoms with Crippen LogP contribution < -0.4 is 5.73 Å². The van der Waals surface area contributed by atoms with Crippen LogP contribution >= 0.6 is 0 Å². The van der Waals surface area contributed by atoms with Gasteiger partial charge in [0.2, 0.25) is 0 Å². The Morgan fingerprint density at radius 2 is 1.95 bits per heavy atom. The number of benzene rings is 1. The molecule has 0 bridgehead atoms. The fraction of sp³-hybridized carbons (Fsp3) is 0.308. The molecule has 0 atom stereocenters. The van der Waals surface area contributed by atoms with Gasteiger partial charge >= 0.3 is 6.18 Å². The van der Waals surface area contributed by atoms with Gasteiger partial charge in [-0.15, -0.1) is 0 Å². The second kappa shape index (κ2) is 4.60. The summed E-state index contributed by atoms with van der Waals surface area (Å²) in [7, 11) is 0. The monoisotopic (exact) mass is 269 g/mol. The maximum atomic E-state index is 12.7. The maximum Gasteiger partial charge on any atom is 0.416 e. The number of aromatic nitrogens is 2. The summed E-state index contributed by atoms with van der Waals surface area (Å²) in [4.78, 5) is 0. The minimum atomic E-state index is -4.37. The SMILES string of the molecule is CC(C)n1ncc(N)c1-c1cccc(C(F)(F)F)c1. The fourth-order valence-electron chi connectivity index (χ4n) is 1.91. The van der Waals surface area contributed by atoms with Crippen LogP contribution in [0.5, 0.6) is 0 Å². The summed E-state index contributed by atoms with van der Waals surface area (Å²) >= 11 is 0. The first kappa shape index (κ1) is 13.5. The van der Waals surface area contributed by atoms with E-state index >= 15 is 0 Å². The molecule has 1 aromatic heterocycles. The first-order chi connectivity index (χ1) is 8.80. The van der Waals surface area contributed by atoms with Crippen molar-refractivity contribution in [1.29, 1.82) is 0 Å². The molecule has 3 nitrogen and oxygen atoms in total. The summed E-state index contributed by atoms with van der Waals surface area (Å²) in [6.45, 7) is 3.78. The van der Waals surface area contributed by atoms with Crippen LogP contribution in [0.15, 0.2) is 30.5 Å². The molecule has 19 heavy (non-hydrogen) atoms.